The van der Waals surface area contributed by atoms with Gasteiger partial charge in [0, 0.05) is 16.1 Å². The molecule has 1 N–H and O–H groups in total. The number of rotatable bonds is 3. The van der Waals surface area contributed by atoms with Crippen LogP contribution in [-0.4, -0.2) is 13.2 Å². The highest BCUT2D eigenvalue weighted by Crippen LogP contribution is 2.33. The van der Waals surface area contributed by atoms with Crippen molar-refractivity contribution in [3.8, 4) is 5.75 Å². The van der Waals surface area contributed by atoms with Crippen molar-refractivity contribution < 1.29 is 4.74 Å². The summed E-state index contributed by atoms with van der Waals surface area (Å²) in [5.74, 6) is 1.01. The van der Waals surface area contributed by atoms with Crippen LogP contribution in [0.2, 0.25) is 0 Å². The number of benzene rings is 1. The van der Waals surface area contributed by atoms with E-state index in [0.717, 1.165) is 23.4 Å². The summed E-state index contributed by atoms with van der Waals surface area (Å²) in [6.45, 7) is 3.85. The zero-order valence-corrected chi connectivity index (χ0v) is 9.80. The van der Waals surface area contributed by atoms with Crippen LogP contribution in [0.15, 0.2) is 22.7 Å². The fourth-order valence-corrected chi connectivity index (χ4v) is 2.01. The summed E-state index contributed by atoms with van der Waals surface area (Å²) in [4.78, 5) is 0. The SMILES string of the molecule is CCOc1ccc(Br)cc1[C@H]1CCN1. The molecule has 14 heavy (non-hydrogen) atoms. The van der Waals surface area contributed by atoms with E-state index in [1.165, 1.54) is 12.0 Å². The largest absolute Gasteiger partial charge is 0.494 e. The molecule has 0 bridgehead atoms. The van der Waals surface area contributed by atoms with Crippen LogP contribution in [0.5, 0.6) is 5.75 Å². The first-order valence-corrected chi connectivity index (χ1v) is 5.76. The maximum Gasteiger partial charge on any atom is 0.124 e. The molecule has 1 aromatic rings. The molecule has 76 valence electrons. The van der Waals surface area contributed by atoms with Crippen molar-refractivity contribution >= 4 is 15.9 Å². The van der Waals surface area contributed by atoms with Crippen LogP contribution >= 0.6 is 15.9 Å². The van der Waals surface area contributed by atoms with Gasteiger partial charge in [-0.25, -0.2) is 0 Å². The minimum atomic E-state index is 0.481. The van der Waals surface area contributed by atoms with Gasteiger partial charge in [-0.05, 0) is 38.1 Å². The molecule has 1 fully saturated rings. The second-order valence-electron chi connectivity index (χ2n) is 3.41. The molecule has 0 saturated carbocycles. The highest BCUT2D eigenvalue weighted by molar-refractivity contribution is 9.10. The number of nitrogens with one attached hydrogen (secondary N) is 1. The fourth-order valence-electron chi connectivity index (χ4n) is 1.63. The maximum absolute atomic E-state index is 5.59. The van der Waals surface area contributed by atoms with Crippen molar-refractivity contribution in [2.45, 2.75) is 19.4 Å². The lowest BCUT2D eigenvalue weighted by molar-refractivity contribution is 0.316. The number of ether oxygens (including phenoxy) is 1. The molecular weight excluding hydrogens is 242 g/mol. The first-order valence-electron chi connectivity index (χ1n) is 4.97. The topological polar surface area (TPSA) is 21.3 Å². The van der Waals surface area contributed by atoms with Crippen LogP contribution in [0.25, 0.3) is 0 Å². The van der Waals surface area contributed by atoms with Crippen molar-refractivity contribution in [1.29, 1.82) is 0 Å². The van der Waals surface area contributed by atoms with Gasteiger partial charge in [0.2, 0.25) is 0 Å². The van der Waals surface area contributed by atoms with Gasteiger partial charge in [-0.15, -0.1) is 0 Å². The van der Waals surface area contributed by atoms with E-state index in [0.29, 0.717) is 6.04 Å². The van der Waals surface area contributed by atoms with Crippen LogP contribution in [-0.2, 0) is 0 Å². The van der Waals surface area contributed by atoms with Crippen molar-refractivity contribution in [3.05, 3.63) is 28.2 Å². The van der Waals surface area contributed by atoms with Gasteiger partial charge in [-0.2, -0.15) is 0 Å². The molecule has 0 aliphatic carbocycles. The third-order valence-corrected chi connectivity index (χ3v) is 2.96. The Labute approximate surface area is 92.8 Å². The molecule has 3 heteroatoms. The Morgan fingerprint density at radius 1 is 1.57 bits per heavy atom. The molecule has 1 aromatic carbocycles. The van der Waals surface area contributed by atoms with Crippen molar-refractivity contribution in [3.63, 3.8) is 0 Å². The summed E-state index contributed by atoms with van der Waals surface area (Å²) in [5, 5.41) is 3.39. The smallest absolute Gasteiger partial charge is 0.124 e. The van der Waals surface area contributed by atoms with Crippen molar-refractivity contribution in [2.24, 2.45) is 0 Å². The van der Waals surface area contributed by atoms with Gasteiger partial charge in [0.15, 0.2) is 0 Å². The number of halogens is 1. The molecule has 0 aromatic heterocycles. The lowest BCUT2D eigenvalue weighted by Gasteiger charge is -2.29. The zero-order valence-electron chi connectivity index (χ0n) is 8.22. The Morgan fingerprint density at radius 2 is 2.36 bits per heavy atom. The van der Waals surface area contributed by atoms with E-state index in [-0.39, 0.29) is 0 Å². The Hall–Kier alpha value is -0.540. The maximum atomic E-state index is 5.59. The summed E-state index contributed by atoms with van der Waals surface area (Å²) in [5.41, 5.74) is 1.27. The number of hydrogen-bond donors (Lipinski definition) is 1. The van der Waals surface area contributed by atoms with E-state index >= 15 is 0 Å². The molecule has 1 aliphatic rings. The molecule has 2 nitrogen and oxygen atoms in total. The first kappa shape index (κ1) is 9.99. The number of hydrogen-bond acceptors (Lipinski definition) is 2. The predicted molar refractivity (Wildman–Crippen MR) is 60.7 cm³/mol. The monoisotopic (exact) mass is 255 g/mol. The van der Waals surface area contributed by atoms with Crippen LogP contribution in [0.1, 0.15) is 24.9 Å². The molecule has 1 saturated heterocycles. The molecule has 0 spiro atoms. The third-order valence-electron chi connectivity index (χ3n) is 2.47. The van der Waals surface area contributed by atoms with Crippen molar-refractivity contribution in [1.82, 2.24) is 5.32 Å². The highest BCUT2D eigenvalue weighted by atomic mass is 79.9. The summed E-state index contributed by atoms with van der Waals surface area (Å²) in [7, 11) is 0. The minimum absolute atomic E-state index is 0.481. The molecular formula is C11H14BrNO. The normalized spacial score (nSPS) is 20.3. The average Bonchev–Trinajstić information content (AvgIpc) is 2.07. The summed E-state index contributed by atoms with van der Waals surface area (Å²) in [6, 6.07) is 6.67. The Bertz CT molecular complexity index is 323. The Kier molecular flexibility index (Phi) is 3.08. The molecule has 0 radical (unpaired) electrons. The summed E-state index contributed by atoms with van der Waals surface area (Å²) in [6.07, 6.45) is 1.20. The van der Waals surface area contributed by atoms with Gasteiger partial charge in [0.05, 0.1) is 6.61 Å². The summed E-state index contributed by atoms with van der Waals surface area (Å²) < 4.78 is 6.70. The van der Waals surface area contributed by atoms with Crippen molar-refractivity contribution in [2.75, 3.05) is 13.2 Å². The van der Waals surface area contributed by atoms with Gasteiger partial charge in [-0.1, -0.05) is 15.9 Å². The van der Waals surface area contributed by atoms with Gasteiger partial charge in [-0.3, -0.25) is 0 Å². The molecule has 1 atom stereocenters. The quantitative estimate of drug-likeness (QED) is 0.897. The van der Waals surface area contributed by atoms with E-state index < -0.39 is 0 Å². The van der Waals surface area contributed by atoms with Crippen LogP contribution in [0.4, 0.5) is 0 Å². The van der Waals surface area contributed by atoms with Gasteiger partial charge < -0.3 is 10.1 Å². The third kappa shape index (κ3) is 1.93. The van der Waals surface area contributed by atoms with Crippen LogP contribution < -0.4 is 10.1 Å². The molecule has 1 aliphatic heterocycles. The minimum Gasteiger partial charge on any atom is -0.494 e. The summed E-state index contributed by atoms with van der Waals surface area (Å²) >= 11 is 3.49. The second-order valence-corrected chi connectivity index (χ2v) is 4.33. The molecule has 2 rings (SSSR count). The lowest BCUT2D eigenvalue weighted by Crippen LogP contribution is -2.35. The predicted octanol–water partition coefficient (Wildman–Crippen LogP) is 2.88. The average molecular weight is 256 g/mol. The molecule has 1 heterocycles. The molecule has 0 amide bonds. The van der Waals surface area contributed by atoms with Gasteiger partial charge in [0.25, 0.3) is 0 Å². The second kappa shape index (κ2) is 4.32. The molecule has 0 unspecified atom stereocenters. The van der Waals surface area contributed by atoms with Gasteiger partial charge >= 0.3 is 0 Å². The van der Waals surface area contributed by atoms with Crippen LogP contribution in [0, 0.1) is 0 Å². The van der Waals surface area contributed by atoms with E-state index in [9.17, 15) is 0 Å². The Morgan fingerprint density at radius 3 is 2.93 bits per heavy atom. The Balaban J connectivity index is 2.27. The van der Waals surface area contributed by atoms with E-state index in [1.54, 1.807) is 0 Å². The van der Waals surface area contributed by atoms with E-state index in [4.69, 9.17) is 4.74 Å². The van der Waals surface area contributed by atoms with E-state index in [2.05, 4.69) is 27.3 Å². The highest BCUT2D eigenvalue weighted by Gasteiger charge is 2.22. The fraction of sp³-hybridized carbons (Fsp3) is 0.455. The standard InChI is InChI=1S/C11H14BrNO/c1-2-14-11-4-3-8(12)7-9(11)10-5-6-13-10/h3-4,7,10,13H,2,5-6H2,1H3/t10-/m1/s1. The van der Waals surface area contributed by atoms with Gasteiger partial charge in [0.1, 0.15) is 5.75 Å². The lowest BCUT2D eigenvalue weighted by atomic mass is 9.97. The first-order chi connectivity index (χ1) is 6.81. The van der Waals surface area contributed by atoms with Crippen LogP contribution in [0.3, 0.4) is 0 Å². The van der Waals surface area contributed by atoms with E-state index in [1.807, 2.05) is 19.1 Å². The zero-order chi connectivity index (χ0) is 9.97.